The first-order valence-corrected chi connectivity index (χ1v) is 5.47. The average Bonchev–Trinajstić information content (AvgIpc) is 2.25. The highest BCUT2D eigenvalue weighted by atomic mass is 15.3. The van der Waals surface area contributed by atoms with Gasteiger partial charge in [-0.25, -0.2) is 0 Å². The second kappa shape index (κ2) is 6.35. The molecule has 15 heavy (non-hydrogen) atoms. The van der Waals surface area contributed by atoms with E-state index in [0.29, 0.717) is 0 Å². The van der Waals surface area contributed by atoms with Crippen molar-refractivity contribution in [1.29, 1.82) is 0 Å². The maximum Gasteiger partial charge on any atom is 0.151 e. The number of anilines is 1. The van der Waals surface area contributed by atoms with E-state index < -0.39 is 0 Å². The lowest BCUT2D eigenvalue weighted by Gasteiger charge is -2.22. The van der Waals surface area contributed by atoms with Crippen LogP contribution in [0, 0.1) is 6.92 Å². The fourth-order valence-electron chi connectivity index (χ4n) is 1.42. The number of aromatic nitrogens is 2. The van der Waals surface area contributed by atoms with Gasteiger partial charge in [-0.1, -0.05) is 6.92 Å². The van der Waals surface area contributed by atoms with E-state index >= 15 is 0 Å². The molecule has 1 aromatic heterocycles. The molecule has 0 amide bonds. The molecule has 1 heterocycles. The lowest BCUT2D eigenvalue weighted by atomic mass is 10.3. The topological polar surface area (TPSA) is 41.0 Å². The molecule has 0 aliphatic carbocycles. The van der Waals surface area contributed by atoms with Gasteiger partial charge in [0.15, 0.2) is 5.82 Å². The largest absolute Gasteiger partial charge is 0.354 e. The molecule has 0 radical (unpaired) electrons. The molecule has 0 bridgehead atoms. The Labute approximate surface area is 91.7 Å². The van der Waals surface area contributed by atoms with Crippen LogP contribution in [0.2, 0.25) is 0 Å². The van der Waals surface area contributed by atoms with Crippen LogP contribution in [-0.2, 0) is 0 Å². The van der Waals surface area contributed by atoms with Crippen molar-refractivity contribution in [2.24, 2.45) is 0 Å². The summed E-state index contributed by atoms with van der Waals surface area (Å²) in [5, 5.41) is 11.4. The summed E-state index contributed by atoms with van der Waals surface area (Å²) in [5.74, 6) is 0.970. The number of likely N-dealkylation sites (N-methyl/N-ethyl adjacent to an activating group) is 1. The van der Waals surface area contributed by atoms with Gasteiger partial charge in [-0.2, -0.15) is 5.10 Å². The molecule has 1 N–H and O–H groups in total. The van der Waals surface area contributed by atoms with Crippen LogP contribution in [0.1, 0.15) is 19.0 Å². The minimum atomic E-state index is 0.962. The summed E-state index contributed by atoms with van der Waals surface area (Å²) in [6.45, 7) is 7.10. The lowest BCUT2D eigenvalue weighted by molar-refractivity contribution is 0.696. The Morgan fingerprint density at radius 1 is 1.27 bits per heavy atom. The quantitative estimate of drug-likeness (QED) is 0.763. The molecule has 4 heteroatoms. The minimum Gasteiger partial charge on any atom is -0.354 e. The van der Waals surface area contributed by atoms with Crippen molar-refractivity contribution in [3.05, 3.63) is 17.8 Å². The predicted molar refractivity (Wildman–Crippen MR) is 63.2 cm³/mol. The first-order valence-electron chi connectivity index (χ1n) is 5.47. The summed E-state index contributed by atoms with van der Waals surface area (Å²) in [6.07, 6.45) is 1.12. The maximum absolute atomic E-state index is 4.20. The van der Waals surface area contributed by atoms with Crippen molar-refractivity contribution in [2.75, 3.05) is 31.6 Å². The monoisotopic (exact) mass is 208 g/mol. The van der Waals surface area contributed by atoms with E-state index in [2.05, 4.69) is 27.3 Å². The highest BCUT2D eigenvalue weighted by Gasteiger charge is 2.05. The van der Waals surface area contributed by atoms with Gasteiger partial charge in [-0.15, -0.1) is 5.10 Å². The van der Waals surface area contributed by atoms with Crippen molar-refractivity contribution < 1.29 is 0 Å². The molecule has 0 saturated heterocycles. The zero-order chi connectivity index (χ0) is 11.1. The van der Waals surface area contributed by atoms with Crippen molar-refractivity contribution >= 4 is 5.82 Å². The second-order valence-corrected chi connectivity index (χ2v) is 3.62. The SMILES string of the molecule is CCCN(CCNC)c1ccc(C)nn1. The normalized spacial score (nSPS) is 10.3. The molecule has 84 valence electrons. The van der Waals surface area contributed by atoms with Gasteiger partial charge in [0.05, 0.1) is 5.69 Å². The minimum absolute atomic E-state index is 0.962. The summed E-state index contributed by atoms with van der Waals surface area (Å²) < 4.78 is 0. The Morgan fingerprint density at radius 2 is 2.07 bits per heavy atom. The van der Waals surface area contributed by atoms with Crippen molar-refractivity contribution in [3.63, 3.8) is 0 Å². The summed E-state index contributed by atoms with van der Waals surface area (Å²) in [4.78, 5) is 2.25. The van der Waals surface area contributed by atoms with Gasteiger partial charge in [0.2, 0.25) is 0 Å². The van der Waals surface area contributed by atoms with Crippen molar-refractivity contribution in [2.45, 2.75) is 20.3 Å². The molecule has 0 fully saturated rings. The first-order chi connectivity index (χ1) is 7.27. The van der Waals surface area contributed by atoms with E-state index in [1.54, 1.807) is 0 Å². The predicted octanol–water partition coefficient (Wildman–Crippen LogP) is 1.22. The number of nitrogens with one attached hydrogen (secondary N) is 1. The second-order valence-electron chi connectivity index (χ2n) is 3.62. The van der Waals surface area contributed by atoms with Gasteiger partial charge in [0.1, 0.15) is 0 Å². The lowest BCUT2D eigenvalue weighted by Crippen LogP contribution is -2.32. The van der Waals surface area contributed by atoms with E-state index in [1.807, 2.05) is 26.1 Å². The van der Waals surface area contributed by atoms with Gasteiger partial charge < -0.3 is 10.2 Å². The van der Waals surface area contributed by atoms with Gasteiger partial charge in [-0.3, -0.25) is 0 Å². The molecule has 0 aliphatic heterocycles. The number of aryl methyl sites for hydroxylation is 1. The van der Waals surface area contributed by atoms with Crippen LogP contribution in [0.4, 0.5) is 5.82 Å². The molecular formula is C11H20N4. The Hall–Kier alpha value is -1.16. The van der Waals surface area contributed by atoms with Crippen molar-refractivity contribution in [1.82, 2.24) is 15.5 Å². The highest BCUT2D eigenvalue weighted by molar-refractivity contribution is 5.37. The number of nitrogens with zero attached hydrogens (tertiary/aromatic N) is 3. The van der Waals surface area contributed by atoms with E-state index in [0.717, 1.165) is 37.6 Å². The Bertz CT molecular complexity index is 270. The highest BCUT2D eigenvalue weighted by Crippen LogP contribution is 2.09. The zero-order valence-electron chi connectivity index (χ0n) is 9.82. The van der Waals surface area contributed by atoms with Crippen LogP contribution in [0.5, 0.6) is 0 Å². The van der Waals surface area contributed by atoms with E-state index in [-0.39, 0.29) is 0 Å². The molecule has 1 aromatic rings. The maximum atomic E-state index is 4.20. The van der Waals surface area contributed by atoms with Crippen molar-refractivity contribution in [3.8, 4) is 0 Å². The smallest absolute Gasteiger partial charge is 0.151 e. The molecule has 0 unspecified atom stereocenters. The molecule has 0 saturated carbocycles. The van der Waals surface area contributed by atoms with Crippen LogP contribution in [-0.4, -0.2) is 36.9 Å². The van der Waals surface area contributed by atoms with Gasteiger partial charge in [0, 0.05) is 19.6 Å². The Balaban J connectivity index is 2.65. The summed E-state index contributed by atoms with van der Waals surface area (Å²) in [5.41, 5.74) is 0.962. The van der Waals surface area contributed by atoms with Gasteiger partial charge >= 0.3 is 0 Å². The molecule has 0 spiro atoms. The van der Waals surface area contributed by atoms with E-state index in [4.69, 9.17) is 0 Å². The third kappa shape index (κ3) is 3.83. The standard InChI is InChI=1S/C11H20N4/c1-4-8-15(9-7-12-3)11-6-5-10(2)13-14-11/h5-6,12H,4,7-9H2,1-3H3. The first kappa shape index (κ1) is 11.9. The van der Waals surface area contributed by atoms with Crippen LogP contribution in [0.15, 0.2) is 12.1 Å². The average molecular weight is 208 g/mol. The van der Waals surface area contributed by atoms with Crippen LogP contribution in [0.3, 0.4) is 0 Å². The Kier molecular flexibility index (Phi) is 5.04. The fourth-order valence-corrected chi connectivity index (χ4v) is 1.42. The van der Waals surface area contributed by atoms with Crippen LogP contribution in [0.25, 0.3) is 0 Å². The molecule has 1 rings (SSSR count). The fraction of sp³-hybridized carbons (Fsp3) is 0.636. The third-order valence-corrected chi connectivity index (χ3v) is 2.23. The number of hydrogen-bond donors (Lipinski definition) is 1. The van der Waals surface area contributed by atoms with Gasteiger partial charge in [0.25, 0.3) is 0 Å². The Morgan fingerprint density at radius 3 is 2.60 bits per heavy atom. The van der Waals surface area contributed by atoms with Gasteiger partial charge in [-0.05, 0) is 32.5 Å². The molecule has 0 aromatic carbocycles. The number of hydrogen-bond acceptors (Lipinski definition) is 4. The molecule has 0 atom stereocenters. The van der Waals surface area contributed by atoms with Crippen LogP contribution >= 0.6 is 0 Å². The van der Waals surface area contributed by atoms with E-state index in [9.17, 15) is 0 Å². The van der Waals surface area contributed by atoms with E-state index in [1.165, 1.54) is 0 Å². The summed E-state index contributed by atoms with van der Waals surface area (Å²) in [7, 11) is 1.96. The zero-order valence-corrected chi connectivity index (χ0v) is 9.82. The summed E-state index contributed by atoms with van der Waals surface area (Å²) >= 11 is 0. The van der Waals surface area contributed by atoms with Crippen LogP contribution < -0.4 is 10.2 Å². The summed E-state index contributed by atoms with van der Waals surface area (Å²) in [6, 6.07) is 4.04. The number of rotatable bonds is 6. The molecule has 0 aliphatic rings. The molecular weight excluding hydrogens is 188 g/mol. The third-order valence-electron chi connectivity index (χ3n) is 2.23. The molecule has 4 nitrogen and oxygen atoms in total.